The van der Waals surface area contributed by atoms with Crippen LogP contribution in [0, 0.1) is 0 Å². The molecule has 28 heavy (non-hydrogen) atoms. The average molecular weight is 377 g/mol. The van der Waals surface area contributed by atoms with E-state index in [1.165, 1.54) is 0 Å². The number of rotatable bonds is 5. The van der Waals surface area contributed by atoms with Crippen LogP contribution in [0.25, 0.3) is 10.9 Å². The second kappa shape index (κ2) is 8.27. The fourth-order valence-corrected chi connectivity index (χ4v) is 3.50. The molecule has 2 heterocycles. The minimum Gasteiger partial charge on any atom is -0.378 e. The van der Waals surface area contributed by atoms with Crippen LogP contribution >= 0.6 is 0 Å². The minimum atomic E-state index is -0.139. The molecule has 144 valence electrons. The molecule has 1 aliphatic heterocycles. The molecule has 4 rings (SSSR count). The molecule has 6 heteroatoms. The zero-order valence-electron chi connectivity index (χ0n) is 15.6. The van der Waals surface area contributed by atoms with E-state index >= 15 is 0 Å². The van der Waals surface area contributed by atoms with Crippen LogP contribution in [0.4, 0.5) is 11.4 Å². The number of H-pyrrole nitrogens is 1. The molecule has 0 bridgehead atoms. The van der Waals surface area contributed by atoms with Gasteiger partial charge in [0, 0.05) is 30.6 Å². The number of aromatic amines is 1. The van der Waals surface area contributed by atoms with Crippen molar-refractivity contribution in [3.05, 3.63) is 70.5 Å². The number of amides is 1. The Labute approximate surface area is 163 Å². The second-order valence-corrected chi connectivity index (χ2v) is 6.88. The highest BCUT2D eigenvalue weighted by atomic mass is 16.5. The number of benzene rings is 2. The number of para-hydroxylation sites is 3. The standard InChI is InChI=1S/C22H23N3O3/c26-21(10-9-17-15-16-5-1-2-6-18(16)24-22(17)27)23-19-7-3-4-8-20(19)25-11-13-28-14-12-25/h1-8,15H,9-14H2,(H,23,26)(H,24,27). The van der Waals surface area contributed by atoms with Crippen molar-refractivity contribution >= 4 is 28.2 Å². The molecule has 0 radical (unpaired) electrons. The lowest BCUT2D eigenvalue weighted by atomic mass is 10.1. The van der Waals surface area contributed by atoms with Crippen molar-refractivity contribution < 1.29 is 9.53 Å². The highest BCUT2D eigenvalue weighted by Crippen LogP contribution is 2.26. The summed E-state index contributed by atoms with van der Waals surface area (Å²) < 4.78 is 5.41. The third kappa shape index (κ3) is 4.07. The Morgan fingerprint density at radius 2 is 1.82 bits per heavy atom. The van der Waals surface area contributed by atoms with Crippen LogP contribution in [0.5, 0.6) is 0 Å². The number of morpholine rings is 1. The minimum absolute atomic E-state index is 0.103. The molecule has 0 saturated carbocycles. The molecule has 2 aromatic carbocycles. The molecule has 1 amide bonds. The van der Waals surface area contributed by atoms with Crippen LogP contribution < -0.4 is 15.8 Å². The number of ether oxygens (including phenoxy) is 1. The van der Waals surface area contributed by atoms with E-state index in [0.29, 0.717) is 25.2 Å². The van der Waals surface area contributed by atoms with Crippen LogP contribution in [0.15, 0.2) is 59.4 Å². The summed E-state index contributed by atoms with van der Waals surface area (Å²) in [4.78, 5) is 29.9. The first-order chi connectivity index (χ1) is 13.7. The van der Waals surface area contributed by atoms with Gasteiger partial charge in [0.15, 0.2) is 0 Å². The van der Waals surface area contributed by atoms with E-state index in [4.69, 9.17) is 4.74 Å². The van der Waals surface area contributed by atoms with Gasteiger partial charge in [-0.25, -0.2) is 0 Å². The van der Waals surface area contributed by atoms with Crippen molar-refractivity contribution in [3.8, 4) is 0 Å². The van der Waals surface area contributed by atoms with E-state index in [2.05, 4.69) is 15.2 Å². The Balaban J connectivity index is 1.44. The smallest absolute Gasteiger partial charge is 0.251 e. The molecule has 1 aliphatic rings. The number of hydrogen-bond donors (Lipinski definition) is 2. The molecule has 3 aromatic rings. The van der Waals surface area contributed by atoms with Crippen molar-refractivity contribution in [1.29, 1.82) is 0 Å². The van der Waals surface area contributed by atoms with Gasteiger partial charge in [0.1, 0.15) is 0 Å². The number of carbonyl (C=O) groups excluding carboxylic acids is 1. The summed E-state index contributed by atoms with van der Waals surface area (Å²) in [5.41, 5.74) is 3.08. The Morgan fingerprint density at radius 1 is 1.07 bits per heavy atom. The number of aryl methyl sites for hydroxylation is 1. The van der Waals surface area contributed by atoms with Crippen molar-refractivity contribution in [2.75, 3.05) is 36.5 Å². The maximum absolute atomic E-state index is 12.5. The largest absolute Gasteiger partial charge is 0.378 e. The summed E-state index contributed by atoms with van der Waals surface area (Å²) in [7, 11) is 0. The van der Waals surface area contributed by atoms with E-state index in [1.54, 1.807) is 0 Å². The zero-order chi connectivity index (χ0) is 19.3. The second-order valence-electron chi connectivity index (χ2n) is 6.88. The monoisotopic (exact) mass is 377 g/mol. The lowest BCUT2D eigenvalue weighted by Gasteiger charge is -2.30. The number of nitrogens with one attached hydrogen (secondary N) is 2. The summed E-state index contributed by atoms with van der Waals surface area (Å²) in [6, 6.07) is 17.3. The van der Waals surface area contributed by atoms with Crippen molar-refractivity contribution in [2.45, 2.75) is 12.8 Å². The molecule has 1 fully saturated rings. The average Bonchev–Trinajstić information content (AvgIpc) is 2.73. The Morgan fingerprint density at radius 3 is 2.68 bits per heavy atom. The Kier molecular flexibility index (Phi) is 5.39. The molecule has 0 spiro atoms. The number of carbonyl (C=O) groups is 1. The number of nitrogens with zero attached hydrogens (tertiary/aromatic N) is 1. The third-order valence-corrected chi connectivity index (χ3v) is 4.98. The van der Waals surface area contributed by atoms with Gasteiger partial charge >= 0.3 is 0 Å². The van der Waals surface area contributed by atoms with E-state index in [-0.39, 0.29) is 17.9 Å². The molecular formula is C22H23N3O3. The van der Waals surface area contributed by atoms with Gasteiger partial charge in [-0.2, -0.15) is 0 Å². The summed E-state index contributed by atoms with van der Waals surface area (Å²) in [5.74, 6) is -0.103. The zero-order valence-corrected chi connectivity index (χ0v) is 15.6. The summed E-state index contributed by atoms with van der Waals surface area (Å²) >= 11 is 0. The van der Waals surface area contributed by atoms with Crippen LogP contribution in [-0.2, 0) is 16.0 Å². The highest BCUT2D eigenvalue weighted by Gasteiger charge is 2.16. The van der Waals surface area contributed by atoms with E-state index in [0.717, 1.165) is 35.4 Å². The fourth-order valence-electron chi connectivity index (χ4n) is 3.50. The first-order valence-electron chi connectivity index (χ1n) is 9.53. The van der Waals surface area contributed by atoms with Crippen LogP contribution in [0.3, 0.4) is 0 Å². The molecule has 0 unspecified atom stereocenters. The van der Waals surface area contributed by atoms with Crippen molar-refractivity contribution in [3.63, 3.8) is 0 Å². The maximum Gasteiger partial charge on any atom is 0.251 e. The number of hydrogen-bond acceptors (Lipinski definition) is 4. The van der Waals surface area contributed by atoms with Gasteiger partial charge in [0.2, 0.25) is 5.91 Å². The van der Waals surface area contributed by atoms with Gasteiger partial charge in [-0.1, -0.05) is 30.3 Å². The van der Waals surface area contributed by atoms with Crippen LogP contribution in [0.2, 0.25) is 0 Å². The molecule has 2 N–H and O–H groups in total. The van der Waals surface area contributed by atoms with Crippen molar-refractivity contribution in [1.82, 2.24) is 4.98 Å². The van der Waals surface area contributed by atoms with E-state index in [9.17, 15) is 9.59 Å². The van der Waals surface area contributed by atoms with Gasteiger partial charge in [0.25, 0.3) is 5.56 Å². The summed E-state index contributed by atoms with van der Waals surface area (Å²) in [5, 5.41) is 3.97. The molecule has 6 nitrogen and oxygen atoms in total. The number of anilines is 2. The molecule has 1 aromatic heterocycles. The van der Waals surface area contributed by atoms with E-state index in [1.807, 2.05) is 54.6 Å². The van der Waals surface area contributed by atoms with Gasteiger partial charge < -0.3 is 19.9 Å². The topological polar surface area (TPSA) is 74.4 Å². The highest BCUT2D eigenvalue weighted by molar-refractivity contribution is 5.94. The summed E-state index contributed by atoms with van der Waals surface area (Å²) in [6.45, 7) is 2.98. The third-order valence-electron chi connectivity index (χ3n) is 4.98. The van der Waals surface area contributed by atoms with E-state index < -0.39 is 0 Å². The van der Waals surface area contributed by atoms with Gasteiger partial charge in [0.05, 0.1) is 24.6 Å². The molecule has 0 atom stereocenters. The Hall–Kier alpha value is -3.12. The number of aromatic nitrogens is 1. The lowest BCUT2D eigenvalue weighted by Crippen LogP contribution is -2.36. The van der Waals surface area contributed by atoms with Gasteiger partial charge in [-0.15, -0.1) is 0 Å². The van der Waals surface area contributed by atoms with Crippen molar-refractivity contribution in [2.24, 2.45) is 0 Å². The molecule has 1 saturated heterocycles. The van der Waals surface area contributed by atoms with Crippen LogP contribution in [-0.4, -0.2) is 37.2 Å². The predicted molar refractivity (Wildman–Crippen MR) is 111 cm³/mol. The first kappa shape index (κ1) is 18.3. The van der Waals surface area contributed by atoms with Gasteiger partial charge in [-0.05, 0) is 36.1 Å². The SMILES string of the molecule is O=C(CCc1cc2ccccc2[nH]c1=O)Nc1ccccc1N1CCOCC1. The van der Waals surface area contributed by atoms with Crippen LogP contribution in [0.1, 0.15) is 12.0 Å². The number of fused-ring (bicyclic) bond motifs is 1. The Bertz CT molecular complexity index is 1040. The molecule has 0 aliphatic carbocycles. The summed E-state index contributed by atoms with van der Waals surface area (Å²) in [6.07, 6.45) is 0.643. The fraction of sp³-hybridized carbons (Fsp3) is 0.273. The lowest BCUT2D eigenvalue weighted by molar-refractivity contribution is -0.116. The molecular weight excluding hydrogens is 354 g/mol. The maximum atomic E-state index is 12.5. The number of pyridine rings is 1. The normalized spacial score (nSPS) is 14.2. The quantitative estimate of drug-likeness (QED) is 0.717. The predicted octanol–water partition coefficient (Wildman–Crippen LogP) is 2.94. The first-order valence-corrected chi connectivity index (χ1v) is 9.53. The van der Waals surface area contributed by atoms with Gasteiger partial charge in [-0.3, -0.25) is 9.59 Å².